The van der Waals surface area contributed by atoms with Gasteiger partial charge in [0.2, 0.25) is 0 Å². The van der Waals surface area contributed by atoms with E-state index in [1.807, 2.05) is 16.7 Å². The standard InChI is InChI=1S/C16H29N3O3/c1-3-18(11-15(20)21)14-9-13(10-14)17-16(22)19-7-4-5-12(2)6-8-19/h12-14H,3-11H2,1-2H3,(H,17,22)(H,20,21). The first kappa shape index (κ1) is 17.1. The zero-order valence-electron chi connectivity index (χ0n) is 13.8. The Morgan fingerprint density at radius 3 is 2.64 bits per heavy atom. The molecule has 126 valence electrons. The number of carbonyl (C=O) groups is 2. The molecule has 2 aliphatic rings. The van der Waals surface area contributed by atoms with E-state index in [-0.39, 0.29) is 24.7 Å². The monoisotopic (exact) mass is 311 g/mol. The third-order valence-electron chi connectivity index (χ3n) is 5.01. The smallest absolute Gasteiger partial charge is 0.317 e. The van der Waals surface area contributed by atoms with Crippen molar-refractivity contribution in [2.24, 2.45) is 5.92 Å². The summed E-state index contributed by atoms with van der Waals surface area (Å²) >= 11 is 0. The first-order valence-electron chi connectivity index (χ1n) is 8.50. The molecule has 2 fully saturated rings. The highest BCUT2D eigenvalue weighted by molar-refractivity contribution is 5.74. The molecule has 0 bridgehead atoms. The number of carboxylic acid groups (broad SMARTS) is 1. The largest absolute Gasteiger partial charge is 0.480 e. The summed E-state index contributed by atoms with van der Waals surface area (Å²) in [5.41, 5.74) is 0. The van der Waals surface area contributed by atoms with Gasteiger partial charge >= 0.3 is 12.0 Å². The van der Waals surface area contributed by atoms with Gasteiger partial charge in [0.25, 0.3) is 0 Å². The zero-order valence-corrected chi connectivity index (χ0v) is 13.8. The summed E-state index contributed by atoms with van der Waals surface area (Å²) in [6, 6.07) is 0.537. The van der Waals surface area contributed by atoms with Gasteiger partial charge in [-0.25, -0.2) is 4.79 Å². The number of nitrogens with one attached hydrogen (secondary N) is 1. The summed E-state index contributed by atoms with van der Waals surface area (Å²) in [6.45, 7) is 6.76. The Morgan fingerprint density at radius 1 is 1.27 bits per heavy atom. The van der Waals surface area contributed by atoms with Crippen molar-refractivity contribution in [3.8, 4) is 0 Å². The van der Waals surface area contributed by atoms with E-state index in [1.165, 1.54) is 6.42 Å². The number of likely N-dealkylation sites (tertiary alicyclic amines) is 1. The zero-order chi connectivity index (χ0) is 16.1. The van der Waals surface area contributed by atoms with E-state index in [1.54, 1.807) is 0 Å². The molecule has 0 aromatic rings. The van der Waals surface area contributed by atoms with Crippen molar-refractivity contribution >= 4 is 12.0 Å². The van der Waals surface area contributed by atoms with Crippen molar-refractivity contribution in [2.75, 3.05) is 26.2 Å². The van der Waals surface area contributed by atoms with Crippen LogP contribution in [-0.4, -0.2) is 65.2 Å². The predicted molar refractivity (Wildman–Crippen MR) is 84.8 cm³/mol. The molecule has 1 saturated heterocycles. The number of likely N-dealkylation sites (N-methyl/N-ethyl adjacent to an activating group) is 1. The Labute approximate surface area is 132 Å². The molecule has 6 nitrogen and oxygen atoms in total. The number of aliphatic carboxylic acids is 1. The lowest BCUT2D eigenvalue weighted by atomic mass is 9.85. The fourth-order valence-corrected chi connectivity index (χ4v) is 3.41. The van der Waals surface area contributed by atoms with E-state index < -0.39 is 5.97 Å². The van der Waals surface area contributed by atoms with Gasteiger partial charge in [-0.3, -0.25) is 9.69 Å². The third-order valence-corrected chi connectivity index (χ3v) is 5.01. The Kier molecular flexibility index (Phi) is 6.06. The lowest BCUT2D eigenvalue weighted by Crippen LogP contribution is -2.56. The molecule has 2 rings (SSSR count). The second-order valence-corrected chi connectivity index (χ2v) is 6.75. The van der Waals surface area contributed by atoms with E-state index in [0.717, 1.165) is 45.3 Å². The predicted octanol–water partition coefficient (Wildman–Crippen LogP) is 1.76. The molecule has 1 saturated carbocycles. The van der Waals surface area contributed by atoms with Crippen LogP contribution in [0.5, 0.6) is 0 Å². The highest BCUT2D eigenvalue weighted by Crippen LogP contribution is 2.26. The first-order valence-corrected chi connectivity index (χ1v) is 8.50. The highest BCUT2D eigenvalue weighted by atomic mass is 16.4. The Bertz CT molecular complexity index is 396. The fraction of sp³-hybridized carbons (Fsp3) is 0.875. The molecule has 0 radical (unpaired) electrons. The molecule has 22 heavy (non-hydrogen) atoms. The van der Waals surface area contributed by atoms with Gasteiger partial charge in [0.05, 0.1) is 6.54 Å². The Hall–Kier alpha value is -1.30. The van der Waals surface area contributed by atoms with E-state index >= 15 is 0 Å². The van der Waals surface area contributed by atoms with Gasteiger partial charge in [-0.05, 0) is 44.6 Å². The average molecular weight is 311 g/mol. The van der Waals surface area contributed by atoms with Crippen molar-refractivity contribution in [3.05, 3.63) is 0 Å². The number of carboxylic acids is 1. The second kappa shape index (κ2) is 7.81. The minimum atomic E-state index is -0.784. The fourth-order valence-electron chi connectivity index (χ4n) is 3.41. The summed E-state index contributed by atoms with van der Waals surface area (Å²) < 4.78 is 0. The van der Waals surface area contributed by atoms with Gasteiger partial charge in [-0.2, -0.15) is 0 Å². The number of nitrogens with zero attached hydrogens (tertiary/aromatic N) is 2. The van der Waals surface area contributed by atoms with E-state index in [9.17, 15) is 9.59 Å². The molecule has 1 unspecified atom stereocenters. The molecular formula is C16H29N3O3. The summed E-state index contributed by atoms with van der Waals surface area (Å²) in [7, 11) is 0. The van der Waals surface area contributed by atoms with Crippen LogP contribution in [0.1, 0.15) is 46.0 Å². The normalized spacial score (nSPS) is 28.9. The minimum absolute atomic E-state index is 0.0545. The SMILES string of the molecule is CCN(CC(=O)O)C1CC(NC(=O)N2CCCC(C)CC2)C1. The average Bonchev–Trinajstić information content (AvgIpc) is 2.64. The van der Waals surface area contributed by atoms with E-state index in [2.05, 4.69) is 12.2 Å². The summed E-state index contributed by atoms with van der Waals surface area (Å²) in [6.07, 6.45) is 5.09. The molecular weight excluding hydrogens is 282 g/mol. The number of rotatable bonds is 5. The lowest BCUT2D eigenvalue weighted by Gasteiger charge is -2.42. The summed E-state index contributed by atoms with van der Waals surface area (Å²) in [5.74, 6) is -0.0759. The maximum atomic E-state index is 12.3. The second-order valence-electron chi connectivity index (χ2n) is 6.75. The molecule has 2 N–H and O–H groups in total. The summed E-state index contributed by atoms with van der Waals surface area (Å²) in [4.78, 5) is 27.0. The number of carbonyl (C=O) groups excluding carboxylic acids is 1. The van der Waals surface area contributed by atoms with Crippen LogP contribution in [0.4, 0.5) is 4.79 Å². The van der Waals surface area contributed by atoms with E-state index in [0.29, 0.717) is 5.92 Å². The number of urea groups is 1. The van der Waals surface area contributed by atoms with Crippen LogP contribution in [0.3, 0.4) is 0 Å². The molecule has 1 atom stereocenters. The van der Waals surface area contributed by atoms with Crippen LogP contribution in [0.25, 0.3) is 0 Å². The maximum Gasteiger partial charge on any atom is 0.317 e. The minimum Gasteiger partial charge on any atom is -0.480 e. The quantitative estimate of drug-likeness (QED) is 0.811. The van der Waals surface area contributed by atoms with Crippen LogP contribution >= 0.6 is 0 Å². The van der Waals surface area contributed by atoms with Crippen LogP contribution in [-0.2, 0) is 4.79 Å². The lowest BCUT2D eigenvalue weighted by molar-refractivity contribution is -0.139. The van der Waals surface area contributed by atoms with Crippen LogP contribution in [0.15, 0.2) is 0 Å². The highest BCUT2D eigenvalue weighted by Gasteiger charge is 2.35. The molecule has 2 amide bonds. The van der Waals surface area contributed by atoms with Crippen LogP contribution < -0.4 is 5.32 Å². The van der Waals surface area contributed by atoms with Gasteiger partial charge in [-0.1, -0.05) is 13.8 Å². The number of amides is 2. The maximum absolute atomic E-state index is 12.3. The van der Waals surface area contributed by atoms with Crippen molar-refractivity contribution in [3.63, 3.8) is 0 Å². The molecule has 1 aliphatic heterocycles. The van der Waals surface area contributed by atoms with Gasteiger partial charge in [0, 0.05) is 25.2 Å². The van der Waals surface area contributed by atoms with Crippen LogP contribution in [0, 0.1) is 5.92 Å². The van der Waals surface area contributed by atoms with Gasteiger partial charge in [0.1, 0.15) is 0 Å². The first-order chi connectivity index (χ1) is 10.5. The van der Waals surface area contributed by atoms with Crippen molar-refractivity contribution < 1.29 is 14.7 Å². The van der Waals surface area contributed by atoms with E-state index in [4.69, 9.17) is 5.11 Å². The molecule has 0 spiro atoms. The summed E-state index contributed by atoms with van der Waals surface area (Å²) in [5, 5.41) is 12.0. The van der Waals surface area contributed by atoms with Crippen molar-refractivity contribution in [2.45, 2.75) is 58.0 Å². The Balaban J connectivity index is 1.72. The molecule has 1 aliphatic carbocycles. The van der Waals surface area contributed by atoms with Crippen molar-refractivity contribution in [1.82, 2.24) is 15.1 Å². The number of hydrogen-bond acceptors (Lipinski definition) is 3. The number of hydrogen-bond donors (Lipinski definition) is 2. The van der Waals surface area contributed by atoms with Crippen LogP contribution in [0.2, 0.25) is 0 Å². The molecule has 0 aromatic carbocycles. The topological polar surface area (TPSA) is 72.9 Å². The van der Waals surface area contributed by atoms with Gasteiger partial charge in [0.15, 0.2) is 0 Å². The Morgan fingerprint density at radius 2 is 2.00 bits per heavy atom. The molecule has 0 aromatic heterocycles. The van der Waals surface area contributed by atoms with Gasteiger partial charge < -0.3 is 15.3 Å². The third kappa shape index (κ3) is 4.60. The van der Waals surface area contributed by atoms with Gasteiger partial charge in [-0.15, -0.1) is 0 Å². The molecule has 1 heterocycles. The molecule has 6 heteroatoms. The van der Waals surface area contributed by atoms with Crippen molar-refractivity contribution in [1.29, 1.82) is 0 Å².